The van der Waals surface area contributed by atoms with Crippen LogP contribution in [-0.2, 0) is 26.2 Å². The highest BCUT2D eigenvalue weighted by atomic mass is 35.5. The fraction of sp³-hybridized carbons (Fsp3) is 0.364. The van der Waals surface area contributed by atoms with E-state index < -0.39 is 21.9 Å². The maximum absolute atomic E-state index is 13.2. The van der Waals surface area contributed by atoms with Crippen molar-refractivity contribution < 1.29 is 22.4 Å². The molecule has 1 N–H and O–H groups in total. The van der Waals surface area contributed by atoms with E-state index in [0.29, 0.717) is 16.3 Å². The highest BCUT2D eigenvalue weighted by Gasteiger charge is 2.26. The molecule has 0 aliphatic heterocycles. The lowest BCUT2D eigenvalue weighted by atomic mass is 10.1. The Morgan fingerprint density at radius 1 is 1.09 bits per heavy atom. The molecular formula is C22H27ClFN3O4S. The van der Waals surface area contributed by atoms with Crippen molar-refractivity contribution in [2.24, 2.45) is 0 Å². The SMILES string of the molecule is CNC(=O)[C@@H](C)N(Cc1ccc(F)cc1)C(=O)CCCN(c1ccc(Cl)cc1)S(C)(=O)=O. The van der Waals surface area contributed by atoms with Crippen LogP contribution in [-0.4, -0.2) is 51.0 Å². The molecule has 0 aromatic heterocycles. The van der Waals surface area contributed by atoms with Crippen molar-refractivity contribution in [2.75, 3.05) is 24.2 Å². The van der Waals surface area contributed by atoms with Crippen LogP contribution in [0.2, 0.25) is 5.02 Å². The van der Waals surface area contributed by atoms with Crippen molar-refractivity contribution in [1.82, 2.24) is 10.2 Å². The largest absolute Gasteiger partial charge is 0.357 e. The summed E-state index contributed by atoms with van der Waals surface area (Å²) >= 11 is 5.88. The number of carbonyl (C=O) groups is 2. The number of amides is 2. The molecule has 0 unspecified atom stereocenters. The van der Waals surface area contributed by atoms with Gasteiger partial charge in [-0.1, -0.05) is 23.7 Å². The van der Waals surface area contributed by atoms with Crippen molar-refractivity contribution in [3.63, 3.8) is 0 Å². The highest BCUT2D eigenvalue weighted by molar-refractivity contribution is 7.92. The number of benzene rings is 2. The van der Waals surface area contributed by atoms with Gasteiger partial charge in [0.25, 0.3) is 0 Å². The molecule has 0 radical (unpaired) electrons. The minimum atomic E-state index is -3.57. The predicted molar refractivity (Wildman–Crippen MR) is 123 cm³/mol. The summed E-state index contributed by atoms with van der Waals surface area (Å²) in [6, 6.07) is 11.3. The minimum absolute atomic E-state index is 0.0299. The monoisotopic (exact) mass is 483 g/mol. The number of halogens is 2. The lowest BCUT2D eigenvalue weighted by Gasteiger charge is -2.29. The second kappa shape index (κ2) is 11.3. The minimum Gasteiger partial charge on any atom is -0.357 e. The topological polar surface area (TPSA) is 86.8 Å². The fourth-order valence-corrected chi connectivity index (χ4v) is 4.28. The third-order valence-electron chi connectivity index (χ3n) is 4.95. The normalized spacial score (nSPS) is 12.2. The third-order valence-corrected chi connectivity index (χ3v) is 6.39. The first-order valence-electron chi connectivity index (χ1n) is 10.0. The van der Waals surface area contributed by atoms with Gasteiger partial charge in [-0.2, -0.15) is 0 Å². The van der Waals surface area contributed by atoms with Crippen LogP contribution in [0.4, 0.5) is 10.1 Å². The third kappa shape index (κ3) is 7.20. The van der Waals surface area contributed by atoms with E-state index in [1.54, 1.807) is 43.3 Å². The second-order valence-electron chi connectivity index (χ2n) is 7.35. The van der Waals surface area contributed by atoms with Gasteiger partial charge in [0.1, 0.15) is 11.9 Å². The molecule has 1 atom stereocenters. The summed E-state index contributed by atoms with van der Waals surface area (Å²) in [6.07, 6.45) is 1.37. The summed E-state index contributed by atoms with van der Waals surface area (Å²) in [5.41, 5.74) is 1.13. The Morgan fingerprint density at radius 3 is 2.22 bits per heavy atom. The van der Waals surface area contributed by atoms with Crippen molar-refractivity contribution in [3.05, 3.63) is 64.9 Å². The molecule has 0 saturated heterocycles. The first kappa shape index (κ1) is 25.6. The van der Waals surface area contributed by atoms with Crippen LogP contribution in [0.25, 0.3) is 0 Å². The second-order valence-corrected chi connectivity index (χ2v) is 9.70. The summed E-state index contributed by atoms with van der Waals surface area (Å²) in [5.74, 6) is -1.04. The smallest absolute Gasteiger partial charge is 0.242 e. The van der Waals surface area contributed by atoms with Crippen LogP contribution in [0, 0.1) is 5.82 Å². The summed E-state index contributed by atoms with van der Waals surface area (Å²) in [4.78, 5) is 26.5. The number of carbonyl (C=O) groups excluding carboxylic acids is 2. The van der Waals surface area contributed by atoms with Crippen molar-refractivity contribution in [2.45, 2.75) is 32.4 Å². The number of hydrogen-bond acceptors (Lipinski definition) is 4. The molecule has 2 rings (SSSR count). The van der Waals surface area contributed by atoms with Gasteiger partial charge in [-0.15, -0.1) is 0 Å². The highest BCUT2D eigenvalue weighted by Crippen LogP contribution is 2.21. The van der Waals surface area contributed by atoms with Crippen LogP contribution in [0.1, 0.15) is 25.3 Å². The molecular weight excluding hydrogens is 457 g/mol. The van der Waals surface area contributed by atoms with Crippen molar-refractivity contribution >= 4 is 39.1 Å². The molecule has 10 heteroatoms. The molecule has 0 bridgehead atoms. The van der Waals surface area contributed by atoms with E-state index in [4.69, 9.17) is 11.6 Å². The first-order chi connectivity index (χ1) is 15.0. The van der Waals surface area contributed by atoms with Gasteiger partial charge < -0.3 is 10.2 Å². The van der Waals surface area contributed by atoms with Crippen molar-refractivity contribution in [3.8, 4) is 0 Å². The van der Waals surface area contributed by atoms with Crippen LogP contribution >= 0.6 is 11.6 Å². The van der Waals surface area contributed by atoms with Gasteiger partial charge in [0.05, 0.1) is 11.9 Å². The maximum atomic E-state index is 13.2. The standard InChI is InChI=1S/C22H27ClFN3O4S/c1-16(22(29)25-2)26(15-17-6-10-19(24)11-7-17)21(28)5-4-14-27(32(3,30)31)20-12-8-18(23)9-13-20/h6-13,16H,4-5,14-15H2,1-3H3,(H,25,29)/t16-/m1/s1. The predicted octanol–water partition coefficient (Wildman–Crippen LogP) is 3.19. The Morgan fingerprint density at radius 2 is 1.69 bits per heavy atom. The molecule has 0 spiro atoms. The van der Waals surface area contributed by atoms with E-state index in [1.807, 2.05) is 0 Å². The number of nitrogens with zero attached hydrogens (tertiary/aromatic N) is 2. The first-order valence-corrected chi connectivity index (χ1v) is 12.2. The zero-order chi connectivity index (χ0) is 23.9. The molecule has 32 heavy (non-hydrogen) atoms. The van der Waals surface area contributed by atoms with Gasteiger partial charge in [-0.25, -0.2) is 12.8 Å². The zero-order valence-electron chi connectivity index (χ0n) is 18.2. The summed E-state index contributed by atoms with van der Waals surface area (Å²) in [6.45, 7) is 1.82. The van der Waals surface area contributed by atoms with Crippen LogP contribution in [0.15, 0.2) is 48.5 Å². The number of anilines is 1. The molecule has 0 fully saturated rings. The Hall–Kier alpha value is -2.65. The number of rotatable bonds is 10. The average Bonchev–Trinajstić information content (AvgIpc) is 2.75. The molecule has 2 aromatic rings. The Labute approximate surface area is 193 Å². The maximum Gasteiger partial charge on any atom is 0.242 e. The summed E-state index contributed by atoms with van der Waals surface area (Å²) in [7, 11) is -2.09. The van der Waals surface area contributed by atoms with Gasteiger partial charge in [-0.05, 0) is 55.3 Å². The van der Waals surface area contributed by atoms with E-state index in [9.17, 15) is 22.4 Å². The van der Waals surface area contributed by atoms with E-state index in [0.717, 1.165) is 6.26 Å². The lowest BCUT2D eigenvalue weighted by Crippen LogP contribution is -2.46. The summed E-state index contributed by atoms with van der Waals surface area (Å²) in [5, 5.41) is 3.01. The van der Waals surface area contributed by atoms with Gasteiger partial charge >= 0.3 is 0 Å². The Kier molecular flexibility index (Phi) is 9.03. The van der Waals surface area contributed by atoms with E-state index in [2.05, 4.69) is 5.32 Å². The van der Waals surface area contributed by atoms with Crippen LogP contribution in [0.3, 0.4) is 0 Å². The molecule has 0 aliphatic carbocycles. The van der Waals surface area contributed by atoms with E-state index >= 15 is 0 Å². The van der Waals surface area contributed by atoms with Crippen LogP contribution in [0.5, 0.6) is 0 Å². The van der Waals surface area contributed by atoms with Gasteiger partial charge in [-0.3, -0.25) is 13.9 Å². The quantitative estimate of drug-likeness (QED) is 0.562. The molecule has 2 amide bonds. The molecule has 0 aliphatic rings. The Balaban J connectivity index is 2.12. The van der Waals surface area contributed by atoms with Gasteiger partial charge in [0.2, 0.25) is 21.8 Å². The number of likely N-dealkylation sites (N-methyl/N-ethyl adjacent to an activating group) is 1. The van der Waals surface area contributed by atoms with Crippen LogP contribution < -0.4 is 9.62 Å². The Bertz CT molecular complexity index is 1030. The zero-order valence-corrected chi connectivity index (χ0v) is 19.8. The molecule has 2 aromatic carbocycles. The van der Waals surface area contributed by atoms with Crippen molar-refractivity contribution in [1.29, 1.82) is 0 Å². The number of nitrogens with one attached hydrogen (secondary N) is 1. The molecule has 0 saturated carbocycles. The fourth-order valence-electron chi connectivity index (χ4n) is 3.19. The molecule has 174 valence electrons. The lowest BCUT2D eigenvalue weighted by molar-refractivity contribution is -0.140. The van der Waals surface area contributed by atoms with Gasteiger partial charge in [0, 0.05) is 31.6 Å². The van der Waals surface area contributed by atoms with E-state index in [1.165, 1.54) is 28.4 Å². The van der Waals surface area contributed by atoms with Gasteiger partial charge in [0.15, 0.2) is 0 Å². The average molecular weight is 484 g/mol. The molecule has 0 heterocycles. The number of hydrogen-bond donors (Lipinski definition) is 1. The summed E-state index contributed by atoms with van der Waals surface area (Å²) < 4.78 is 38.9. The van der Waals surface area contributed by atoms with E-state index in [-0.39, 0.29) is 37.7 Å². The molecule has 7 nitrogen and oxygen atoms in total. The number of sulfonamides is 1.